The van der Waals surface area contributed by atoms with Crippen LogP contribution in [0, 0.1) is 0 Å². The monoisotopic (exact) mass is 203 g/mol. The zero-order chi connectivity index (χ0) is 8.81. The number of hydrogen-bond acceptors (Lipinski definition) is 2. The lowest BCUT2D eigenvalue weighted by Crippen LogP contribution is -2.16. The van der Waals surface area contributed by atoms with E-state index < -0.39 is 0 Å². The molecular weight excluding hydrogens is 186 g/mol. The molecule has 1 heterocycles. The molecule has 76 valence electrons. The third-order valence-corrected chi connectivity index (χ3v) is 1.94. The Bertz CT molecular complexity index is 222. The van der Waals surface area contributed by atoms with E-state index in [1.807, 2.05) is 24.0 Å². The van der Waals surface area contributed by atoms with Gasteiger partial charge >= 0.3 is 0 Å². The summed E-state index contributed by atoms with van der Waals surface area (Å²) in [6.07, 6.45) is 4.33. The summed E-state index contributed by atoms with van der Waals surface area (Å²) in [5.41, 5.74) is 1.24. The lowest BCUT2D eigenvalue weighted by atomic mass is 10.3. The van der Waals surface area contributed by atoms with Crippen LogP contribution in [0.5, 0.6) is 0 Å². The minimum absolute atomic E-state index is 0. The number of aromatic nitrogens is 2. The predicted molar refractivity (Wildman–Crippen MR) is 57.1 cm³/mol. The summed E-state index contributed by atoms with van der Waals surface area (Å²) in [5.74, 6) is 0. The Labute approximate surface area is 85.9 Å². The van der Waals surface area contributed by atoms with Crippen LogP contribution in [0.4, 0.5) is 0 Å². The van der Waals surface area contributed by atoms with E-state index in [4.69, 9.17) is 0 Å². The highest BCUT2D eigenvalue weighted by atomic mass is 35.5. The predicted octanol–water partition coefficient (Wildman–Crippen LogP) is 1.73. The van der Waals surface area contributed by atoms with Gasteiger partial charge in [0.1, 0.15) is 0 Å². The molecule has 0 radical (unpaired) electrons. The fourth-order valence-electron chi connectivity index (χ4n) is 1.09. The molecule has 13 heavy (non-hydrogen) atoms. The number of halogens is 1. The van der Waals surface area contributed by atoms with Crippen LogP contribution in [0.25, 0.3) is 0 Å². The molecule has 0 aliphatic carbocycles. The number of unbranched alkanes of at least 4 members (excludes halogenated alkanes) is 1. The summed E-state index contributed by atoms with van der Waals surface area (Å²) in [7, 11) is 1.97. The van der Waals surface area contributed by atoms with Crippen molar-refractivity contribution in [1.82, 2.24) is 15.1 Å². The first-order valence-electron chi connectivity index (χ1n) is 4.52. The summed E-state index contributed by atoms with van der Waals surface area (Å²) >= 11 is 0. The second-order valence-electron chi connectivity index (χ2n) is 2.98. The van der Waals surface area contributed by atoms with Gasteiger partial charge in [0.2, 0.25) is 0 Å². The van der Waals surface area contributed by atoms with Gasteiger partial charge in [0.15, 0.2) is 0 Å². The average molecular weight is 204 g/mol. The normalized spacial score (nSPS) is 9.69. The van der Waals surface area contributed by atoms with Crippen molar-refractivity contribution in [2.24, 2.45) is 7.05 Å². The maximum atomic E-state index is 4.09. The molecule has 4 heteroatoms. The molecule has 1 N–H and O–H groups in total. The molecule has 1 aromatic heterocycles. The molecule has 0 fully saturated rings. The molecule has 0 aliphatic rings. The van der Waals surface area contributed by atoms with E-state index in [0.29, 0.717) is 0 Å². The second kappa shape index (κ2) is 6.92. The Kier molecular flexibility index (Phi) is 6.63. The molecule has 0 amide bonds. The first-order chi connectivity index (χ1) is 5.84. The van der Waals surface area contributed by atoms with Gasteiger partial charge in [0, 0.05) is 19.8 Å². The summed E-state index contributed by atoms with van der Waals surface area (Å²) < 4.78 is 1.90. The van der Waals surface area contributed by atoms with Crippen LogP contribution >= 0.6 is 12.4 Å². The van der Waals surface area contributed by atoms with Crippen LogP contribution in [-0.4, -0.2) is 16.3 Å². The van der Waals surface area contributed by atoms with Crippen LogP contribution in [0.15, 0.2) is 12.3 Å². The van der Waals surface area contributed by atoms with E-state index in [2.05, 4.69) is 17.3 Å². The van der Waals surface area contributed by atoms with E-state index >= 15 is 0 Å². The van der Waals surface area contributed by atoms with Gasteiger partial charge in [-0.2, -0.15) is 5.10 Å². The standard InChI is InChI=1S/C9H17N3.ClH/c1-3-4-6-10-8-9-5-7-11-12(9)2;/h5,7,10H,3-4,6,8H2,1-2H3;1H. The fourth-order valence-corrected chi connectivity index (χ4v) is 1.09. The Morgan fingerprint density at radius 1 is 1.54 bits per heavy atom. The van der Waals surface area contributed by atoms with Crippen molar-refractivity contribution in [3.05, 3.63) is 18.0 Å². The van der Waals surface area contributed by atoms with E-state index in [9.17, 15) is 0 Å². The van der Waals surface area contributed by atoms with Crippen molar-refractivity contribution in [1.29, 1.82) is 0 Å². The smallest absolute Gasteiger partial charge is 0.0518 e. The van der Waals surface area contributed by atoms with Gasteiger partial charge in [-0.3, -0.25) is 4.68 Å². The van der Waals surface area contributed by atoms with E-state index in [1.165, 1.54) is 18.5 Å². The van der Waals surface area contributed by atoms with Gasteiger partial charge in [0.05, 0.1) is 5.69 Å². The molecule has 0 spiro atoms. The van der Waals surface area contributed by atoms with Gasteiger partial charge in [-0.15, -0.1) is 12.4 Å². The molecule has 1 rings (SSSR count). The Balaban J connectivity index is 0.00000144. The van der Waals surface area contributed by atoms with Gasteiger partial charge in [-0.25, -0.2) is 0 Å². The largest absolute Gasteiger partial charge is 0.311 e. The lowest BCUT2D eigenvalue weighted by Gasteiger charge is -2.03. The molecule has 0 bridgehead atoms. The molecule has 0 unspecified atom stereocenters. The average Bonchev–Trinajstić information content (AvgIpc) is 2.46. The first-order valence-corrected chi connectivity index (χ1v) is 4.52. The van der Waals surface area contributed by atoms with Crippen molar-refractivity contribution in [2.75, 3.05) is 6.54 Å². The number of nitrogens with one attached hydrogen (secondary N) is 1. The summed E-state index contributed by atoms with van der Waals surface area (Å²) in [4.78, 5) is 0. The number of nitrogens with zero attached hydrogens (tertiary/aromatic N) is 2. The Hall–Kier alpha value is -0.540. The fraction of sp³-hybridized carbons (Fsp3) is 0.667. The SMILES string of the molecule is CCCCNCc1ccnn1C.Cl. The summed E-state index contributed by atoms with van der Waals surface area (Å²) in [6.45, 7) is 4.23. The summed E-state index contributed by atoms with van der Waals surface area (Å²) in [6, 6.07) is 2.04. The zero-order valence-corrected chi connectivity index (χ0v) is 9.10. The first kappa shape index (κ1) is 12.5. The lowest BCUT2D eigenvalue weighted by molar-refractivity contribution is 0.602. The maximum absolute atomic E-state index is 4.09. The van der Waals surface area contributed by atoms with E-state index in [0.717, 1.165) is 13.1 Å². The van der Waals surface area contributed by atoms with Crippen LogP contribution in [0.2, 0.25) is 0 Å². The molecule has 0 saturated heterocycles. The second-order valence-corrected chi connectivity index (χ2v) is 2.98. The number of hydrogen-bond donors (Lipinski definition) is 1. The number of rotatable bonds is 5. The molecule has 0 atom stereocenters. The van der Waals surface area contributed by atoms with E-state index in [-0.39, 0.29) is 12.4 Å². The zero-order valence-electron chi connectivity index (χ0n) is 8.29. The molecule has 1 aromatic rings. The van der Waals surface area contributed by atoms with Gasteiger partial charge in [-0.05, 0) is 19.0 Å². The van der Waals surface area contributed by atoms with Crippen molar-refractivity contribution in [3.8, 4) is 0 Å². The van der Waals surface area contributed by atoms with Crippen LogP contribution < -0.4 is 5.32 Å². The molecule has 0 aliphatic heterocycles. The minimum Gasteiger partial charge on any atom is -0.311 e. The van der Waals surface area contributed by atoms with E-state index in [1.54, 1.807) is 0 Å². The van der Waals surface area contributed by atoms with Crippen molar-refractivity contribution in [2.45, 2.75) is 26.3 Å². The molecular formula is C9H18ClN3. The van der Waals surface area contributed by atoms with Crippen molar-refractivity contribution < 1.29 is 0 Å². The van der Waals surface area contributed by atoms with Crippen molar-refractivity contribution in [3.63, 3.8) is 0 Å². The van der Waals surface area contributed by atoms with Gasteiger partial charge in [-0.1, -0.05) is 13.3 Å². The third-order valence-electron chi connectivity index (χ3n) is 1.94. The van der Waals surface area contributed by atoms with Crippen LogP contribution in [0.1, 0.15) is 25.5 Å². The quantitative estimate of drug-likeness (QED) is 0.739. The highest BCUT2D eigenvalue weighted by Crippen LogP contribution is 1.94. The number of aryl methyl sites for hydroxylation is 1. The highest BCUT2D eigenvalue weighted by Gasteiger charge is 1.95. The molecule has 3 nitrogen and oxygen atoms in total. The van der Waals surface area contributed by atoms with Gasteiger partial charge in [0.25, 0.3) is 0 Å². The maximum Gasteiger partial charge on any atom is 0.0518 e. The van der Waals surface area contributed by atoms with Crippen LogP contribution in [0.3, 0.4) is 0 Å². The highest BCUT2D eigenvalue weighted by molar-refractivity contribution is 5.85. The molecule has 0 aromatic carbocycles. The topological polar surface area (TPSA) is 29.9 Å². The van der Waals surface area contributed by atoms with Crippen LogP contribution in [-0.2, 0) is 13.6 Å². The van der Waals surface area contributed by atoms with Crippen molar-refractivity contribution >= 4 is 12.4 Å². The Morgan fingerprint density at radius 3 is 2.85 bits per heavy atom. The third kappa shape index (κ3) is 4.29. The minimum atomic E-state index is 0. The Morgan fingerprint density at radius 2 is 2.31 bits per heavy atom. The summed E-state index contributed by atoms with van der Waals surface area (Å²) in [5, 5.41) is 7.46. The molecule has 0 saturated carbocycles. The van der Waals surface area contributed by atoms with Gasteiger partial charge < -0.3 is 5.32 Å².